The predicted octanol–water partition coefficient (Wildman–Crippen LogP) is 3.79. The summed E-state index contributed by atoms with van der Waals surface area (Å²) < 4.78 is 14.5. The number of benzene rings is 1. The average molecular weight is 343 g/mol. The maximum Gasteiger partial charge on any atom is 0.244 e. The van der Waals surface area contributed by atoms with E-state index >= 15 is 0 Å². The molecule has 1 aliphatic rings. The van der Waals surface area contributed by atoms with Crippen molar-refractivity contribution >= 4 is 27.5 Å². The summed E-state index contributed by atoms with van der Waals surface area (Å²) in [7, 11) is 0. The normalized spacial score (nSPS) is 17.4. The first-order chi connectivity index (χ1) is 9.58. The number of hydrogen-bond donors (Lipinski definition) is 1. The monoisotopic (exact) mass is 342 g/mol. The lowest BCUT2D eigenvalue weighted by atomic mass is 10.2. The minimum absolute atomic E-state index is 0.0502. The van der Waals surface area contributed by atoms with E-state index in [1.807, 2.05) is 4.90 Å². The molecule has 110 valence electrons. The molecular weight excluding hydrogens is 323 g/mol. The SMILES string of the molecule is CC(Nc1ccc(Br)cc1F)C(=O)N1CCCCCC1. The maximum atomic E-state index is 13.8. The number of likely N-dealkylation sites (tertiary alicyclic amines) is 1. The Balaban J connectivity index is 1.99. The summed E-state index contributed by atoms with van der Waals surface area (Å²) in [5, 5.41) is 2.97. The minimum Gasteiger partial charge on any atom is -0.372 e. The summed E-state index contributed by atoms with van der Waals surface area (Å²) in [4.78, 5) is 14.3. The second-order valence-corrected chi connectivity index (χ2v) is 6.15. The van der Waals surface area contributed by atoms with E-state index in [1.54, 1.807) is 19.1 Å². The molecule has 0 aliphatic carbocycles. The van der Waals surface area contributed by atoms with Crippen LogP contribution < -0.4 is 5.32 Å². The van der Waals surface area contributed by atoms with Crippen molar-refractivity contribution in [1.82, 2.24) is 4.90 Å². The number of rotatable bonds is 3. The highest BCUT2D eigenvalue weighted by Gasteiger charge is 2.21. The Morgan fingerprint density at radius 1 is 1.30 bits per heavy atom. The van der Waals surface area contributed by atoms with Crippen LogP contribution in [0.3, 0.4) is 0 Å². The summed E-state index contributed by atoms with van der Waals surface area (Å²) >= 11 is 3.22. The van der Waals surface area contributed by atoms with Crippen molar-refractivity contribution in [3.8, 4) is 0 Å². The van der Waals surface area contributed by atoms with E-state index < -0.39 is 6.04 Å². The molecule has 1 heterocycles. The van der Waals surface area contributed by atoms with Gasteiger partial charge in [0.25, 0.3) is 0 Å². The van der Waals surface area contributed by atoms with Gasteiger partial charge in [0.05, 0.1) is 5.69 Å². The quantitative estimate of drug-likeness (QED) is 0.906. The van der Waals surface area contributed by atoms with Crippen LogP contribution in [0.4, 0.5) is 10.1 Å². The Bertz CT molecular complexity index is 473. The summed E-state index contributed by atoms with van der Waals surface area (Å²) in [5.41, 5.74) is 0.365. The van der Waals surface area contributed by atoms with Crippen LogP contribution in [0, 0.1) is 5.82 Å². The van der Waals surface area contributed by atoms with Crippen molar-refractivity contribution in [3.63, 3.8) is 0 Å². The zero-order chi connectivity index (χ0) is 14.5. The van der Waals surface area contributed by atoms with Crippen LogP contribution in [-0.4, -0.2) is 29.9 Å². The number of carbonyl (C=O) groups is 1. The van der Waals surface area contributed by atoms with Crippen molar-refractivity contribution in [2.45, 2.75) is 38.6 Å². The molecule has 1 aliphatic heterocycles. The van der Waals surface area contributed by atoms with Gasteiger partial charge in [0.2, 0.25) is 5.91 Å². The van der Waals surface area contributed by atoms with E-state index in [-0.39, 0.29) is 11.7 Å². The third-order valence-corrected chi connectivity index (χ3v) is 4.08. The van der Waals surface area contributed by atoms with Gasteiger partial charge in [-0.05, 0) is 38.0 Å². The van der Waals surface area contributed by atoms with Crippen molar-refractivity contribution in [1.29, 1.82) is 0 Å². The molecule has 0 saturated carbocycles. The van der Waals surface area contributed by atoms with Gasteiger partial charge >= 0.3 is 0 Å². The fraction of sp³-hybridized carbons (Fsp3) is 0.533. The molecule has 1 aromatic carbocycles. The highest BCUT2D eigenvalue weighted by Crippen LogP contribution is 2.20. The smallest absolute Gasteiger partial charge is 0.244 e. The van der Waals surface area contributed by atoms with Gasteiger partial charge in [-0.2, -0.15) is 0 Å². The van der Waals surface area contributed by atoms with Crippen molar-refractivity contribution in [2.24, 2.45) is 0 Å². The number of halogens is 2. The lowest BCUT2D eigenvalue weighted by Gasteiger charge is -2.25. The first-order valence-electron chi connectivity index (χ1n) is 7.08. The van der Waals surface area contributed by atoms with Gasteiger partial charge in [-0.25, -0.2) is 4.39 Å². The first kappa shape index (κ1) is 15.3. The Labute approximate surface area is 127 Å². The minimum atomic E-state index is -0.413. The average Bonchev–Trinajstić information content (AvgIpc) is 2.70. The zero-order valence-electron chi connectivity index (χ0n) is 11.7. The van der Waals surface area contributed by atoms with E-state index in [0.29, 0.717) is 10.2 Å². The molecule has 1 amide bonds. The number of carbonyl (C=O) groups excluding carboxylic acids is 1. The molecule has 0 aromatic heterocycles. The molecule has 0 bridgehead atoms. The van der Waals surface area contributed by atoms with Crippen LogP contribution in [0.2, 0.25) is 0 Å². The predicted molar refractivity (Wildman–Crippen MR) is 82.2 cm³/mol. The molecule has 1 fully saturated rings. The van der Waals surface area contributed by atoms with Crippen LogP contribution in [0.15, 0.2) is 22.7 Å². The molecule has 1 atom stereocenters. The molecular formula is C15H20BrFN2O. The first-order valence-corrected chi connectivity index (χ1v) is 7.87. The standard InChI is InChI=1S/C15H20BrFN2O/c1-11(15(20)19-8-4-2-3-5-9-19)18-14-7-6-12(16)10-13(14)17/h6-7,10-11,18H,2-5,8-9H2,1H3. The molecule has 1 unspecified atom stereocenters. The second-order valence-electron chi connectivity index (χ2n) is 5.23. The summed E-state index contributed by atoms with van der Waals surface area (Å²) in [6, 6.07) is 4.38. The highest BCUT2D eigenvalue weighted by molar-refractivity contribution is 9.10. The van der Waals surface area contributed by atoms with Crippen LogP contribution in [-0.2, 0) is 4.79 Å². The Hall–Kier alpha value is -1.10. The highest BCUT2D eigenvalue weighted by atomic mass is 79.9. The van der Waals surface area contributed by atoms with Crippen molar-refractivity contribution in [2.75, 3.05) is 18.4 Å². The zero-order valence-corrected chi connectivity index (χ0v) is 13.2. The molecule has 2 rings (SSSR count). The van der Waals surface area contributed by atoms with Crippen molar-refractivity contribution < 1.29 is 9.18 Å². The van der Waals surface area contributed by atoms with E-state index in [1.165, 1.54) is 18.9 Å². The van der Waals surface area contributed by atoms with Crippen molar-refractivity contribution in [3.05, 3.63) is 28.5 Å². The molecule has 0 spiro atoms. The van der Waals surface area contributed by atoms with Gasteiger partial charge in [0.1, 0.15) is 11.9 Å². The van der Waals surface area contributed by atoms with E-state index in [9.17, 15) is 9.18 Å². The summed E-state index contributed by atoms with van der Waals surface area (Å²) in [5.74, 6) is -0.302. The lowest BCUT2D eigenvalue weighted by molar-refractivity contribution is -0.131. The van der Waals surface area contributed by atoms with Crippen LogP contribution in [0.1, 0.15) is 32.6 Å². The van der Waals surface area contributed by atoms with Gasteiger partial charge < -0.3 is 10.2 Å². The molecule has 1 aromatic rings. The van der Waals surface area contributed by atoms with Gasteiger partial charge in [-0.1, -0.05) is 28.8 Å². The third kappa shape index (κ3) is 3.95. The molecule has 0 radical (unpaired) electrons. The number of nitrogens with zero attached hydrogens (tertiary/aromatic N) is 1. The number of nitrogens with one attached hydrogen (secondary N) is 1. The van der Waals surface area contributed by atoms with Gasteiger partial charge in [-0.15, -0.1) is 0 Å². The molecule has 1 N–H and O–H groups in total. The molecule has 20 heavy (non-hydrogen) atoms. The van der Waals surface area contributed by atoms with Gasteiger partial charge in [0, 0.05) is 17.6 Å². The van der Waals surface area contributed by atoms with E-state index in [2.05, 4.69) is 21.2 Å². The summed E-state index contributed by atoms with van der Waals surface area (Å²) in [6.07, 6.45) is 4.50. The molecule has 5 heteroatoms. The summed E-state index contributed by atoms with van der Waals surface area (Å²) in [6.45, 7) is 3.41. The Morgan fingerprint density at radius 3 is 2.55 bits per heavy atom. The second kappa shape index (κ2) is 7.07. The number of amides is 1. The van der Waals surface area contributed by atoms with E-state index in [4.69, 9.17) is 0 Å². The van der Waals surface area contributed by atoms with E-state index in [0.717, 1.165) is 25.9 Å². The van der Waals surface area contributed by atoms with Gasteiger partial charge in [-0.3, -0.25) is 4.79 Å². The number of hydrogen-bond acceptors (Lipinski definition) is 2. The number of anilines is 1. The van der Waals surface area contributed by atoms with Crippen LogP contribution in [0.5, 0.6) is 0 Å². The van der Waals surface area contributed by atoms with Crippen LogP contribution in [0.25, 0.3) is 0 Å². The van der Waals surface area contributed by atoms with Crippen LogP contribution >= 0.6 is 15.9 Å². The lowest BCUT2D eigenvalue weighted by Crippen LogP contribution is -2.42. The molecule has 3 nitrogen and oxygen atoms in total. The largest absolute Gasteiger partial charge is 0.372 e. The fourth-order valence-corrected chi connectivity index (χ4v) is 2.80. The third-order valence-electron chi connectivity index (χ3n) is 3.59. The topological polar surface area (TPSA) is 32.3 Å². The Kier molecular flexibility index (Phi) is 5.40. The Morgan fingerprint density at radius 2 is 1.95 bits per heavy atom. The van der Waals surface area contributed by atoms with Gasteiger partial charge in [0.15, 0.2) is 0 Å². The maximum absolute atomic E-state index is 13.8. The fourth-order valence-electron chi connectivity index (χ4n) is 2.47. The molecule has 1 saturated heterocycles.